The third kappa shape index (κ3) is 4.07. The van der Waals surface area contributed by atoms with Gasteiger partial charge in [0.2, 0.25) is 0 Å². The lowest BCUT2D eigenvalue weighted by Crippen LogP contribution is -2.24. The van der Waals surface area contributed by atoms with Gasteiger partial charge in [-0.2, -0.15) is 0 Å². The molecule has 2 aromatic carbocycles. The molecule has 122 valence electrons. The maximum absolute atomic E-state index is 12.5. The fraction of sp³-hybridized carbons (Fsp3) is 0.235. The van der Waals surface area contributed by atoms with Gasteiger partial charge in [-0.25, -0.2) is 0 Å². The van der Waals surface area contributed by atoms with Gasteiger partial charge in [-0.3, -0.25) is 4.79 Å². The molecular weight excluding hydrogens is 409 g/mol. The minimum absolute atomic E-state index is 0.179. The molecule has 0 bridgehead atoms. The normalized spacial score (nSPS) is 10.1. The number of carbonyl (C=O) groups excluding carboxylic acids is 1. The first-order valence-electron chi connectivity index (χ1n) is 6.92. The number of hydrogen-bond donors (Lipinski definition) is 1. The van der Waals surface area contributed by atoms with Crippen LogP contribution < -0.4 is 19.5 Å². The van der Waals surface area contributed by atoms with Crippen LogP contribution >= 0.6 is 22.6 Å². The Bertz CT molecular complexity index is 703. The second-order valence-electron chi connectivity index (χ2n) is 4.68. The Balaban J connectivity index is 2.18. The van der Waals surface area contributed by atoms with Crippen LogP contribution in [-0.4, -0.2) is 27.2 Å². The zero-order valence-electron chi connectivity index (χ0n) is 13.2. The highest BCUT2D eigenvalue weighted by Gasteiger charge is 2.15. The highest BCUT2D eigenvalue weighted by Crippen LogP contribution is 2.31. The van der Waals surface area contributed by atoms with Gasteiger partial charge in [0.15, 0.2) is 11.5 Å². The lowest BCUT2D eigenvalue weighted by molar-refractivity contribution is 0.0949. The van der Waals surface area contributed by atoms with E-state index in [1.165, 1.54) is 0 Å². The molecule has 1 N–H and O–H groups in total. The van der Waals surface area contributed by atoms with Crippen molar-refractivity contribution < 1.29 is 19.0 Å². The van der Waals surface area contributed by atoms with Crippen LogP contribution in [0.25, 0.3) is 0 Å². The van der Waals surface area contributed by atoms with Gasteiger partial charge in [-0.15, -0.1) is 0 Å². The van der Waals surface area contributed by atoms with Crippen LogP contribution in [-0.2, 0) is 6.54 Å². The maximum atomic E-state index is 12.5. The van der Waals surface area contributed by atoms with E-state index in [0.717, 1.165) is 14.9 Å². The fourth-order valence-electron chi connectivity index (χ4n) is 2.15. The van der Waals surface area contributed by atoms with Crippen molar-refractivity contribution >= 4 is 28.5 Å². The van der Waals surface area contributed by atoms with Crippen LogP contribution in [0.4, 0.5) is 0 Å². The Kier molecular flexibility index (Phi) is 6.09. The molecule has 6 heteroatoms. The van der Waals surface area contributed by atoms with Crippen LogP contribution in [0.3, 0.4) is 0 Å². The lowest BCUT2D eigenvalue weighted by Gasteiger charge is -2.13. The number of hydrogen-bond acceptors (Lipinski definition) is 4. The zero-order chi connectivity index (χ0) is 16.8. The second kappa shape index (κ2) is 8.05. The summed E-state index contributed by atoms with van der Waals surface area (Å²) in [6, 6.07) is 11.0. The topological polar surface area (TPSA) is 56.8 Å². The van der Waals surface area contributed by atoms with Crippen molar-refractivity contribution in [2.75, 3.05) is 21.3 Å². The van der Waals surface area contributed by atoms with Crippen LogP contribution in [0.1, 0.15) is 15.9 Å². The average molecular weight is 427 g/mol. The first-order chi connectivity index (χ1) is 11.1. The van der Waals surface area contributed by atoms with Crippen LogP contribution in [0, 0.1) is 3.57 Å². The van der Waals surface area contributed by atoms with Crippen molar-refractivity contribution in [1.82, 2.24) is 5.32 Å². The van der Waals surface area contributed by atoms with Crippen molar-refractivity contribution in [2.45, 2.75) is 6.54 Å². The molecule has 0 spiro atoms. The summed E-state index contributed by atoms with van der Waals surface area (Å²) in [5, 5.41) is 2.90. The zero-order valence-corrected chi connectivity index (χ0v) is 15.3. The molecule has 0 aromatic heterocycles. The minimum Gasteiger partial charge on any atom is -0.496 e. The molecule has 1 amide bonds. The van der Waals surface area contributed by atoms with Crippen molar-refractivity contribution in [2.24, 2.45) is 0 Å². The maximum Gasteiger partial charge on any atom is 0.252 e. The summed E-state index contributed by atoms with van der Waals surface area (Å²) < 4.78 is 16.6. The lowest BCUT2D eigenvalue weighted by atomic mass is 10.1. The van der Waals surface area contributed by atoms with Gasteiger partial charge in [0.05, 0.1) is 26.9 Å². The predicted octanol–water partition coefficient (Wildman–Crippen LogP) is 3.25. The largest absolute Gasteiger partial charge is 0.496 e. The Morgan fingerprint density at radius 3 is 2.26 bits per heavy atom. The highest BCUT2D eigenvalue weighted by molar-refractivity contribution is 14.1. The van der Waals surface area contributed by atoms with Crippen LogP contribution in [0.5, 0.6) is 17.2 Å². The summed E-state index contributed by atoms with van der Waals surface area (Å²) in [5.74, 6) is 1.68. The minimum atomic E-state index is -0.179. The molecule has 5 nitrogen and oxygen atoms in total. The molecule has 23 heavy (non-hydrogen) atoms. The standard InChI is InChI=1S/C17H18INO4/c1-21-14-7-5-4-6-11(14)10-19-17(20)12-8-15(22-2)16(23-3)9-13(12)18/h4-9H,10H2,1-3H3,(H,19,20). The third-order valence-electron chi connectivity index (χ3n) is 3.35. The smallest absolute Gasteiger partial charge is 0.252 e. The highest BCUT2D eigenvalue weighted by atomic mass is 127. The van der Waals surface area contributed by atoms with Crippen LogP contribution in [0.15, 0.2) is 36.4 Å². The van der Waals surface area contributed by atoms with Gasteiger partial charge in [0, 0.05) is 15.7 Å². The number of benzene rings is 2. The van der Waals surface area contributed by atoms with Gasteiger partial charge < -0.3 is 19.5 Å². The van der Waals surface area contributed by atoms with E-state index >= 15 is 0 Å². The first-order valence-corrected chi connectivity index (χ1v) is 8.00. The third-order valence-corrected chi connectivity index (χ3v) is 4.24. The van der Waals surface area contributed by atoms with E-state index in [9.17, 15) is 4.79 Å². The molecule has 0 aliphatic heterocycles. The summed E-state index contributed by atoms with van der Waals surface area (Å²) in [7, 11) is 4.72. The summed E-state index contributed by atoms with van der Waals surface area (Å²) >= 11 is 2.10. The average Bonchev–Trinajstić information content (AvgIpc) is 2.59. The Morgan fingerprint density at radius 2 is 1.61 bits per heavy atom. The molecule has 2 rings (SSSR count). The van der Waals surface area contributed by atoms with E-state index in [1.807, 2.05) is 24.3 Å². The Morgan fingerprint density at radius 1 is 1.00 bits per heavy atom. The molecule has 0 saturated carbocycles. The van der Waals surface area contributed by atoms with E-state index in [0.29, 0.717) is 23.6 Å². The molecule has 0 aliphatic carbocycles. The van der Waals surface area contributed by atoms with Crippen molar-refractivity contribution in [3.8, 4) is 17.2 Å². The number of amides is 1. The molecule has 0 unspecified atom stereocenters. The van der Waals surface area contributed by atoms with Gasteiger partial charge in [-0.05, 0) is 40.8 Å². The first kappa shape index (κ1) is 17.4. The van der Waals surface area contributed by atoms with Crippen LogP contribution in [0.2, 0.25) is 0 Å². The quantitative estimate of drug-likeness (QED) is 0.720. The molecule has 0 radical (unpaired) electrons. The Labute approximate surface area is 149 Å². The van der Waals surface area contributed by atoms with E-state index in [2.05, 4.69) is 27.9 Å². The summed E-state index contributed by atoms with van der Waals surface area (Å²) in [5.41, 5.74) is 1.46. The van der Waals surface area contributed by atoms with E-state index in [-0.39, 0.29) is 5.91 Å². The molecule has 0 aliphatic rings. The van der Waals surface area contributed by atoms with Crippen molar-refractivity contribution in [3.05, 3.63) is 51.1 Å². The number of halogens is 1. The predicted molar refractivity (Wildman–Crippen MR) is 96.4 cm³/mol. The summed E-state index contributed by atoms with van der Waals surface area (Å²) in [6.45, 7) is 0.382. The summed E-state index contributed by atoms with van der Waals surface area (Å²) in [4.78, 5) is 12.5. The number of carbonyl (C=O) groups is 1. The molecule has 0 heterocycles. The Hall–Kier alpha value is -1.96. The van der Waals surface area contributed by atoms with E-state index in [4.69, 9.17) is 14.2 Å². The van der Waals surface area contributed by atoms with E-state index in [1.54, 1.807) is 33.5 Å². The van der Waals surface area contributed by atoms with Gasteiger partial charge >= 0.3 is 0 Å². The number of para-hydroxylation sites is 1. The number of nitrogens with one attached hydrogen (secondary N) is 1. The van der Waals surface area contributed by atoms with Crippen molar-refractivity contribution in [3.63, 3.8) is 0 Å². The molecular formula is C17H18INO4. The fourth-order valence-corrected chi connectivity index (χ4v) is 2.83. The van der Waals surface area contributed by atoms with Gasteiger partial charge in [-0.1, -0.05) is 18.2 Å². The second-order valence-corrected chi connectivity index (χ2v) is 5.84. The molecule has 0 atom stereocenters. The number of ether oxygens (including phenoxy) is 3. The monoisotopic (exact) mass is 427 g/mol. The summed E-state index contributed by atoms with van der Waals surface area (Å²) in [6.07, 6.45) is 0. The van der Waals surface area contributed by atoms with Crippen molar-refractivity contribution in [1.29, 1.82) is 0 Å². The molecule has 0 saturated heterocycles. The van der Waals surface area contributed by atoms with Gasteiger partial charge in [0.25, 0.3) is 5.91 Å². The molecule has 0 fully saturated rings. The van der Waals surface area contributed by atoms with E-state index < -0.39 is 0 Å². The van der Waals surface area contributed by atoms with Gasteiger partial charge in [0.1, 0.15) is 5.75 Å². The number of methoxy groups -OCH3 is 3. The number of rotatable bonds is 6. The molecule has 2 aromatic rings. The SMILES string of the molecule is COc1ccccc1CNC(=O)c1cc(OC)c(OC)cc1I.